The molecule has 6 nitrogen and oxygen atoms in total. The first-order valence-electron chi connectivity index (χ1n) is 13.3. The summed E-state index contributed by atoms with van der Waals surface area (Å²) in [4.78, 5) is 33.6. The summed E-state index contributed by atoms with van der Waals surface area (Å²) in [5.74, 6) is 2.50. The smallest absolute Gasteiger partial charge is 0.251 e. The standard InChI is InChI=1S/C29H34N4O2/c34-28(20-5-3-1-2-4-6-20)30-23-13-14-24-26(17-23)32-27(31-24)19-9-11-21(12-10-19)29(35)33-25-16-18-7-8-22(25)15-18/h9-14,17-18,20,22,25H,1-8,15-16H2,(H,30,34)(H,31,32)(H,33,35). The number of imidazole rings is 1. The summed E-state index contributed by atoms with van der Waals surface area (Å²) in [5, 5.41) is 6.37. The number of rotatable bonds is 5. The summed E-state index contributed by atoms with van der Waals surface area (Å²) in [5.41, 5.74) is 4.16. The molecule has 1 aromatic heterocycles. The number of fused-ring (bicyclic) bond motifs is 3. The van der Waals surface area contributed by atoms with Crippen LogP contribution in [-0.4, -0.2) is 27.8 Å². The minimum Gasteiger partial charge on any atom is -0.349 e. The number of carbonyl (C=O) groups excluding carboxylic acids is 2. The van der Waals surface area contributed by atoms with Crippen molar-refractivity contribution in [2.24, 2.45) is 17.8 Å². The lowest BCUT2D eigenvalue weighted by Crippen LogP contribution is -2.38. The number of benzene rings is 2. The van der Waals surface area contributed by atoms with E-state index in [4.69, 9.17) is 4.98 Å². The minimum absolute atomic E-state index is 0.0211. The molecular weight excluding hydrogens is 436 g/mol. The fourth-order valence-electron chi connectivity index (χ4n) is 6.46. The Balaban J connectivity index is 1.12. The van der Waals surface area contributed by atoms with Gasteiger partial charge in [-0.3, -0.25) is 9.59 Å². The molecule has 3 unspecified atom stereocenters. The predicted octanol–water partition coefficient (Wildman–Crippen LogP) is 6.06. The molecule has 1 heterocycles. The van der Waals surface area contributed by atoms with Crippen molar-refractivity contribution in [2.45, 2.75) is 70.3 Å². The van der Waals surface area contributed by atoms with Gasteiger partial charge in [0.2, 0.25) is 5.91 Å². The SMILES string of the molecule is O=C(NC1CC2CCC1C2)c1ccc(-c2nc3ccc(NC(=O)C4CCCCCC4)cc3[nH]2)cc1. The van der Waals surface area contributed by atoms with Crippen LogP contribution in [0.15, 0.2) is 42.5 Å². The van der Waals surface area contributed by atoms with E-state index in [1.807, 2.05) is 42.5 Å². The summed E-state index contributed by atoms with van der Waals surface area (Å²) in [6.07, 6.45) is 11.7. The van der Waals surface area contributed by atoms with Gasteiger partial charge in [-0.15, -0.1) is 0 Å². The molecule has 35 heavy (non-hydrogen) atoms. The third kappa shape index (κ3) is 4.71. The van der Waals surface area contributed by atoms with Crippen LogP contribution in [0, 0.1) is 17.8 Å². The average Bonchev–Trinajstić information content (AvgIpc) is 3.54. The van der Waals surface area contributed by atoms with Crippen molar-refractivity contribution in [1.82, 2.24) is 15.3 Å². The van der Waals surface area contributed by atoms with E-state index in [1.165, 1.54) is 32.1 Å². The van der Waals surface area contributed by atoms with Gasteiger partial charge >= 0.3 is 0 Å². The number of carbonyl (C=O) groups is 2. The van der Waals surface area contributed by atoms with Crippen LogP contribution in [0.5, 0.6) is 0 Å². The summed E-state index contributed by atoms with van der Waals surface area (Å²) in [6, 6.07) is 13.8. The molecule has 3 fully saturated rings. The van der Waals surface area contributed by atoms with Crippen LogP contribution in [0.3, 0.4) is 0 Å². The van der Waals surface area contributed by atoms with E-state index in [0.29, 0.717) is 17.5 Å². The molecule has 3 aliphatic carbocycles. The molecule has 3 saturated carbocycles. The van der Waals surface area contributed by atoms with Gasteiger partial charge in [0.25, 0.3) is 5.91 Å². The zero-order chi connectivity index (χ0) is 23.8. The van der Waals surface area contributed by atoms with Crippen molar-refractivity contribution >= 4 is 28.5 Å². The Labute approximate surface area is 206 Å². The van der Waals surface area contributed by atoms with Crippen molar-refractivity contribution in [2.75, 3.05) is 5.32 Å². The van der Waals surface area contributed by atoms with Gasteiger partial charge in [0.1, 0.15) is 5.82 Å². The molecule has 2 bridgehead atoms. The Morgan fingerprint density at radius 3 is 2.40 bits per heavy atom. The quantitative estimate of drug-likeness (QED) is 0.396. The second-order valence-electron chi connectivity index (χ2n) is 10.8. The lowest BCUT2D eigenvalue weighted by molar-refractivity contribution is -0.120. The molecule has 0 saturated heterocycles. The van der Waals surface area contributed by atoms with E-state index in [9.17, 15) is 9.59 Å². The maximum atomic E-state index is 12.8. The van der Waals surface area contributed by atoms with Gasteiger partial charge in [0.15, 0.2) is 0 Å². The highest BCUT2D eigenvalue weighted by atomic mass is 16.2. The molecule has 6 rings (SSSR count). The van der Waals surface area contributed by atoms with Crippen LogP contribution in [0.4, 0.5) is 5.69 Å². The van der Waals surface area contributed by atoms with Gasteiger partial charge in [-0.1, -0.05) is 44.2 Å². The number of nitrogens with one attached hydrogen (secondary N) is 3. The third-order valence-electron chi connectivity index (χ3n) is 8.45. The molecule has 3 N–H and O–H groups in total. The van der Waals surface area contributed by atoms with E-state index in [-0.39, 0.29) is 17.7 Å². The third-order valence-corrected chi connectivity index (χ3v) is 8.45. The van der Waals surface area contributed by atoms with Crippen molar-refractivity contribution in [1.29, 1.82) is 0 Å². The van der Waals surface area contributed by atoms with Crippen LogP contribution in [0.1, 0.15) is 74.6 Å². The van der Waals surface area contributed by atoms with Gasteiger partial charge in [0, 0.05) is 28.8 Å². The highest BCUT2D eigenvalue weighted by molar-refractivity contribution is 5.96. The lowest BCUT2D eigenvalue weighted by Gasteiger charge is -2.22. The molecule has 3 atom stereocenters. The first-order valence-corrected chi connectivity index (χ1v) is 13.3. The Morgan fingerprint density at radius 1 is 0.886 bits per heavy atom. The van der Waals surface area contributed by atoms with Gasteiger partial charge in [-0.2, -0.15) is 0 Å². The number of anilines is 1. The van der Waals surface area contributed by atoms with Crippen molar-refractivity contribution in [3.05, 3.63) is 48.0 Å². The molecule has 182 valence electrons. The summed E-state index contributed by atoms with van der Waals surface area (Å²) in [6.45, 7) is 0. The Kier molecular flexibility index (Phi) is 6.05. The molecule has 0 aliphatic heterocycles. The number of aromatic amines is 1. The number of amides is 2. The van der Waals surface area contributed by atoms with Crippen molar-refractivity contribution in [3.8, 4) is 11.4 Å². The largest absolute Gasteiger partial charge is 0.349 e. The molecule has 0 spiro atoms. The number of hydrogen-bond donors (Lipinski definition) is 3. The topological polar surface area (TPSA) is 86.9 Å². The molecule has 2 aromatic carbocycles. The van der Waals surface area contributed by atoms with Crippen LogP contribution >= 0.6 is 0 Å². The number of H-pyrrole nitrogens is 1. The maximum Gasteiger partial charge on any atom is 0.251 e. The zero-order valence-electron chi connectivity index (χ0n) is 20.2. The fraction of sp³-hybridized carbons (Fsp3) is 0.483. The van der Waals surface area contributed by atoms with Crippen LogP contribution in [0.2, 0.25) is 0 Å². The number of aromatic nitrogens is 2. The number of hydrogen-bond acceptors (Lipinski definition) is 3. The fourth-order valence-corrected chi connectivity index (χ4v) is 6.46. The summed E-state index contributed by atoms with van der Waals surface area (Å²) in [7, 11) is 0. The second-order valence-corrected chi connectivity index (χ2v) is 10.8. The first kappa shape index (κ1) is 22.3. The Morgan fingerprint density at radius 2 is 1.69 bits per heavy atom. The average molecular weight is 471 g/mol. The molecule has 2 amide bonds. The van der Waals surface area contributed by atoms with Crippen LogP contribution < -0.4 is 10.6 Å². The number of nitrogens with zero attached hydrogens (tertiary/aromatic N) is 1. The molecular formula is C29H34N4O2. The first-order chi connectivity index (χ1) is 17.1. The molecule has 3 aliphatic rings. The van der Waals surface area contributed by atoms with Gasteiger partial charge in [0.05, 0.1) is 11.0 Å². The molecule has 3 aromatic rings. The summed E-state index contributed by atoms with van der Waals surface area (Å²) >= 11 is 0. The molecule has 6 heteroatoms. The van der Waals surface area contributed by atoms with E-state index in [2.05, 4.69) is 15.6 Å². The predicted molar refractivity (Wildman–Crippen MR) is 138 cm³/mol. The van der Waals surface area contributed by atoms with Crippen LogP contribution in [0.25, 0.3) is 22.4 Å². The Hall–Kier alpha value is -3.15. The highest BCUT2D eigenvalue weighted by Gasteiger charge is 2.40. The highest BCUT2D eigenvalue weighted by Crippen LogP contribution is 2.44. The van der Waals surface area contributed by atoms with E-state index < -0.39 is 0 Å². The minimum atomic E-state index is 0.0211. The van der Waals surface area contributed by atoms with Crippen LogP contribution in [-0.2, 0) is 4.79 Å². The van der Waals surface area contributed by atoms with Gasteiger partial charge in [-0.25, -0.2) is 4.98 Å². The monoisotopic (exact) mass is 470 g/mol. The normalized spacial score (nSPS) is 24.4. The van der Waals surface area contributed by atoms with Gasteiger partial charge in [-0.05, 0) is 74.3 Å². The zero-order valence-corrected chi connectivity index (χ0v) is 20.2. The second kappa shape index (κ2) is 9.48. The van der Waals surface area contributed by atoms with E-state index in [0.717, 1.165) is 66.1 Å². The van der Waals surface area contributed by atoms with Crippen molar-refractivity contribution in [3.63, 3.8) is 0 Å². The summed E-state index contributed by atoms with van der Waals surface area (Å²) < 4.78 is 0. The maximum absolute atomic E-state index is 12.8. The lowest BCUT2D eigenvalue weighted by atomic mass is 9.95. The van der Waals surface area contributed by atoms with E-state index >= 15 is 0 Å². The Bertz CT molecular complexity index is 1220. The van der Waals surface area contributed by atoms with E-state index in [1.54, 1.807) is 0 Å². The molecule has 0 radical (unpaired) electrons. The van der Waals surface area contributed by atoms with Gasteiger partial charge < -0.3 is 15.6 Å². The van der Waals surface area contributed by atoms with Crippen molar-refractivity contribution < 1.29 is 9.59 Å².